The van der Waals surface area contributed by atoms with Gasteiger partial charge in [-0.3, -0.25) is 0 Å². The normalized spacial score (nSPS) is 18.9. The summed E-state index contributed by atoms with van der Waals surface area (Å²) in [6.07, 6.45) is -3.87. The number of carboxylic acids is 1. The van der Waals surface area contributed by atoms with Crippen LogP contribution in [0, 0.1) is 0 Å². The predicted molar refractivity (Wildman–Crippen MR) is 95.9 cm³/mol. The Labute approximate surface area is 214 Å². The molecule has 154 valence electrons. The SMILES string of the molecule is CC1(C)OC[C@H](C(OC(=O)c2ccc(-c3ccccc3)cc2)C(F)(F)C(=O)[O-])O1.[K+]. The number of aliphatic carboxylic acids is 1. The molecule has 1 unspecified atom stereocenters. The zero-order valence-electron chi connectivity index (χ0n) is 16.8. The summed E-state index contributed by atoms with van der Waals surface area (Å²) in [7, 11) is 0. The van der Waals surface area contributed by atoms with Crippen molar-refractivity contribution in [2.24, 2.45) is 0 Å². The maximum Gasteiger partial charge on any atom is 1.00 e. The number of carbonyl (C=O) groups is 2. The first-order valence-corrected chi connectivity index (χ1v) is 8.88. The summed E-state index contributed by atoms with van der Waals surface area (Å²) >= 11 is 0. The average molecular weight is 444 g/mol. The van der Waals surface area contributed by atoms with Gasteiger partial charge >= 0.3 is 63.3 Å². The van der Waals surface area contributed by atoms with Crippen LogP contribution >= 0.6 is 0 Å². The van der Waals surface area contributed by atoms with E-state index in [0.717, 1.165) is 11.1 Å². The Bertz CT molecular complexity index is 886. The molecule has 9 heteroatoms. The third kappa shape index (κ3) is 5.73. The van der Waals surface area contributed by atoms with Crippen molar-refractivity contribution in [1.29, 1.82) is 0 Å². The summed E-state index contributed by atoms with van der Waals surface area (Å²) in [4.78, 5) is 23.4. The van der Waals surface area contributed by atoms with Crippen molar-refractivity contribution < 1.29 is 89.1 Å². The van der Waals surface area contributed by atoms with Gasteiger partial charge in [0.25, 0.3) is 0 Å². The minimum atomic E-state index is -4.46. The maximum absolute atomic E-state index is 14.2. The van der Waals surface area contributed by atoms with Crippen LogP contribution in [0.1, 0.15) is 24.2 Å². The predicted octanol–water partition coefficient (Wildman–Crippen LogP) is -0.580. The monoisotopic (exact) mass is 444 g/mol. The van der Waals surface area contributed by atoms with E-state index in [0.29, 0.717) is 0 Å². The molecule has 0 saturated carbocycles. The number of rotatable bonds is 6. The van der Waals surface area contributed by atoms with E-state index in [-0.39, 0.29) is 63.6 Å². The van der Waals surface area contributed by atoms with E-state index in [9.17, 15) is 23.5 Å². The van der Waals surface area contributed by atoms with Crippen LogP contribution in [0.2, 0.25) is 0 Å². The van der Waals surface area contributed by atoms with Crippen molar-refractivity contribution in [2.45, 2.75) is 37.8 Å². The van der Waals surface area contributed by atoms with Gasteiger partial charge in [0.15, 0.2) is 11.9 Å². The Morgan fingerprint density at radius 3 is 2.17 bits per heavy atom. The first kappa shape index (κ1) is 25.1. The van der Waals surface area contributed by atoms with Crippen molar-refractivity contribution in [1.82, 2.24) is 0 Å². The molecular formula is C21H19F2KO6. The second-order valence-electron chi connectivity index (χ2n) is 7.05. The van der Waals surface area contributed by atoms with Crippen LogP contribution < -0.4 is 56.5 Å². The van der Waals surface area contributed by atoms with Gasteiger partial charge < -0.3 is 24.1 Å². The molecular weight excluding hydrogens is 425 g/mol. The molecule has 1 aliphatic rings. The molecule has 6 nitrogen and oxygen atoms in total. The van der Waals surface area contributed by atoms with E-state index >= 15 is 0 Å². The van der Waals surface area contributed by atoms with Crippen LogP contribution in [-0.4, -0.2) is 42.5 Å². The fourth-order valence-electron chi connectivity index (χ4n) is 2.98. The van der Waals surface area contributed by atoms with E-state index in [1.165, 1.54) is 26.0 Å². The van der Waals surface area contributed by atoms with Crippen LogP contribution in [0.5, 0.6) is 0 Å². The summed E-state index contributed by atoms with van der Waals surface area (Å²) in [5, 5.41) is 11.0. The number of esters is 1. The van der Waals surface area contributed by atoms with Crippen LogP contribution in [0.15, 0.2) is 54.6 Å². The van der Waals surface area contributed by atoms with Crippen molar-refractivity contribution in [3.8, 4) is 11.1 Å². The molecule has 1 aliphatic heterocycles. The number of hydrogen-bond acceptors (Lipinski definition) is 6. The summed E-state index contributed by atoms with van der Waals surface area (Å²) in [6.45, 7) is 2.59. The van der Waals surface area contributed by atoms with E-state index < -0.39 is 35.9 Å². The van der Waals surface area contributed by atoms with Gasteiger partial charge in [0, 0.05) is 0 Å². The number of halogens is 2. The Morgan fingerprint density at radius 1 is 1.10 bits per heavy atom. The molecule has 1 fully saturated rings. The Hall–Kier alpha value is -1.20. The molecule has 0 N–H and O–H groups in total. The topological polar surface area (TPSA) is 84.9 Å². The van der Waals surface area contributed by atoms with E-state index in [1.54, 1.807) is 12.1 Å². The van der Waals surface area contributed by atoms with E-state index in [1.807, 2.05) is 30.3 Å². The van der Waals surface area contributed by atoms with Crippen LogP contribution in [0.3, 0.4) is 0 Å². The van der Waals surface area contributed by atoms with Gasteiger partial charge in [0.05, 0.1) is 12.2 Å². The second-order valence-corrected chi connectivity index (χ2v) is 7.05. The molecule has 0 spiro atoms. The molecule has 1 saturated heterocycles. The average Bonchev–Trinajstić information content (AvgIpc) is 3.05. The zero-order valence-corrected chi connectivity index (χ0v) is 19.9. The minimum Gasteiger partial charge on any atom is -0.544 e. The van der Waals surface area contributed by atoms with Crippen molar-refractivity contribution >= 4 is 11.9 Å². The second kappa shape index (κ2) is 9.95. The first-order chi connectivity index (χ1) is 13.6. The molecule has 0 radical (unpaired) electrons. The van der Waals surface area contributed by atoms with Crippen LogP contribution in [0.25, 0.3) is 11.1 Å². The minimum absolute atomic E-state index is 0. The molecule has 30 heavy (non-hydrogen) atoms. The van der Waals surface area contributed by atoms with Gasteiger partial charge in [-0.25, -0.2) is 4.79 Å². The maximum atomic E-state index is 14.2. The molecule has 3 rings (SSSR count). The van der Waals surface area contributed by atoms with Crippen molar-refractivity contribution in [3.63, 3.8) is 0 Å². The molecule has 0 bridgehead atoms. The Balaban J connectivity index is 0.00000320. The molecule has 0 amide bonds. The summed E-state index contributed by atoms with van der Waals surface area (Å²) < 4.78 is 43.8. The van der Waals surface area contributed by atoms with Crippen LogP contribution in [0.4, 0.5) is 8.78 Å². The number of carbonyl (C=O) groups excluding carboxylic acids is 2. The van der Waals surface area contributed by atoms with Gasteiger partial charge in [0.2, 0.25) is 0 Å². The summed E-state index contributed by atoms with van der Waals surface area (Å²) in [5.74, 6) is -9.45. The van der Waals surface area contributed by atoms with Crippen molar-refractivity contribution in [2.75, 3.05) is 6.61 Å². The number of ether oxygens (including phenoxy) is 3. The number of alkyl halides is 2. The molecule has 0 aromatic heterocycles. The quantitative estimate of drug-likeness (QED) is 0.438. The fraction of sp³-hybridized carbons (Fsp3) is 0.333. The third-order valence-electron chi connectivity index (χ3n) is 4.46. The standard InChI is InChI=1S/C21H20F2O6.K/c1-20(2)27-12-16(29-20)17(21(22,23)19(25)26)28-18(24)15-10-8-14(9-11-15)13-6-4-3-5-7-13;/h3-11,16-17H,12H2,1-2H3,(H,25,26);/q;+1/p-1/t16-,17?;/m1./s1. The number of carboxylic acid groups (broad SMARTS) is 1. The smallest absolute Gasteiger partial charge is 0.544 e. The Morgan fingerprint density at radius 2 is 1.67 bits per heavy atom. The van der Waals surface area contributed by atoms with Gasteiger partial charge in [-0.15, -0.1) is 0 Å². The zero-order chi connectivity index (χ0) is 21.2. The molecule has 2 atom stereocenters. The molecule has 0 aliphatic carbocycles. The largest absolute Gasteiger partial charge is 1.00 e. The Kier molecular flexibility index (Phi) is 8.31. The number of hydrogen-bond donors (Lipinski definition) is 0. The molecule has 2 aromatic rings. The van der Waals surface area contributed by atoms with Crippen molar-refractivity contribution in [3.05, 3.63) is 60.2 Å². The van der Waals surface area contributed by atoms with E-state index in [2.05, 4.69) is 0 Å². The summed E-state index contributed by atoms with van der Waals surface area (Å²) in [5.41, 5.74) is 1.71. The van der Waals surface area contributed by atoms with Gasteiger partial charge in [-0.1, -0.05) is 42.5 Å². The first-order valence-electron chi connectivity index (χ1n) is 8.88. The molecule has 1 heterocycles. The number of benzene rings is 2. The van der Waals surface area contributed by atoms with E-state index in [4.69, 9.17) is 14.2 Å². The molecule has 2 aromatic carbocycles. The van der Waals surface area contributed by atoms with Gasteiger partial charge in [-0.2, -0.15) is 8.78 Å². The van der Waals surface area contributed by atoms with Crippen LogP contribution in [-0.2, 0) is 19.0 Å². The fourth-order valence-corrected chi connectivity index (χ4v) is 2.98. The third-order valence-corrected chi connectivity index (χ3v) is 4.46. The summed E-state index contributed by atoms with van der Waals surface area (Å²) in [6, 6.07) is 15.4. The van der Waals surface area contributed by atoms with Gasteiger partial charge in [0.1, 0.15) is 12.1 Å². The van der Waals surface area contributed by atoms with Gasteiger partial charge in [-0.05, 0) is 37.1 Å².